The van der Waals surface area contributed by atoms with E-state index in [-0.39, 0.29) is 12.1 Å². The van der Waals surface area contributed by atoms with Crippen LogP contribution in [-0.4, -0.2) is 83.6 Å². The average molecular weight is 635 g/mol. The van der Waals surface area contributed by atoms with Crippen LogP contribution in [0.5, 0.6) is 0 Å². The average Bonchev–Trinajstić information content (AvgIpc) is 3.36. The van der Waals surface area contributed by atoms with Crippen LogP contribution in [0.25, 0.3) is 0 Å². The van der Waals surface area contributed by atoms with Gasteiger partial charge in [0.2, 0.25) is 0 Å². The summed E-state index contributed by atoms with van der Waals surface area (Å²) in [6, 6.07) is 0.662. The van der Waals surface area contributed by atoms with Crippen LogP contribution in [0, 0.1) is 40.9 Å². The second-order valence-corrected chi connectivity index (χ2v) is 15.6. The Morgan fingerprint density at radius 1 is 0.822 bits per heavy atom. The zero-order valence-electron chi connectivity index (χ0n) is 30.1. The monoisotopic (exact) mass is 635 g/mol. The minimum absolute atomic E-state index is 0.00833. The van der Waals surface area contributed by atoms with E-state index in [0.29, 0.717) is 30.3 Å². The summed E-state index contributed by atoms with van der Waals surface area (Å²) in [7, 11) is 0. The first-order valence-electron chi connectivity index (χ1n) is 19.2. The van der Waals surface area contributed by atoms with Gasteiger partial charge in [-0.25, -0.2) is 0 Å². The lowest BCUT2D eigenvalue weighted by atomic mass is 9.54. The summed E-state index contributed by atoms with van der Waals surface area (Å²) in [4.78, 5) is 12.2. The van der Waals surface area contributed by atoms with Gasteiger partial charge in [0.25, 0.3) is 0 Å². The van der Waals surface area contributed by atoms with E-state index >= 15 is 0 Å². The third-order valence-corrected chi connectivity index (χ3v) is 11.8. The molecule has 7 N–H and O–H groups in total. The molecule has 3 aliphatic carbocycles. The Balaban J connectivity index is 1.33. The molecule has 45 heavy (non-hydrogen) atoms. The molecule has 8 atom stereocenters. The molecule has 0 spiro atoms. The van der Waals surface area contributed by atoms with Gasteiger partial charge in [-0.15, -0.1) is 0 Å². The van der Waals surface area contributed by atoms with Crippen molar-refractivity contribution in [2.45, 2.75) is 124 Å². The lowest BCUT2D eigenvalue weighted by Gasteiger charge is -2.51. The van der Waals surface area contributed by atoms with E-state index in [0.717, 1.165) is 94.9 Å². The van der Waals surface area contributed by atoms with Gasteiger partial charge in [0, 0.05) is 77.9 Å². The normalized spacial score (nSPS) is 31.4. The second-order valence-electron chi connectivity index (χ2n) is 15.6. The molecule has 0 bridgehead atoms. The highest BCUT2D eigenvalue weighted by molar-refractivity contribution is 5.69. The number of ether oxygens (including phenoxy) is 1. The van der Waals surface area contributed by atoms with Crippen molar-refractivity contribution in [2.24, 2.45) is 46.7 Å². The maximum absolute atomic E-state index is 12.2. The maximum Gasteiger partial charge on any atom is 0.306 e. The van der Waals surface area contributed by atoms with E-state index in [9.17, 15) is 4.79 Å². The van der Waals surface area contributed by atoms with Crippen LogP contribution in [0.1, 0.15) is 112 Å². The number of nitrogens with two attached hydrogens (primary N) is 1. The molecule has 0 aromatic heterocycles. The predicted octanol–water partition coefficient (Wildman–Crippen LogP) is 4.68. The van der Waals surface area contributed by atoms with Gasteiger partial charge in [0.05, 0.1) is 6.10 Å². The molecule has 3 saturated carbocycles. The number of hydrogen-bond donors (Lipinski definition) is 6. The molecular formula is C37H74N6O2. The van der Waals surface area contributed by atoms with Crippen molar-refractivity contribution in [1.29, 1.82) is 0 Å². The van der Waals surface area contributed by atoms with Crippen molar-refractivity contribution >= 4 is 5.97 Å². The molecule has 0 heterocycles. The molecule has 0 radical (unpaired) electrons. The lowest BCUT2D eigenvalue weighted by molar-refractivity contribution is -0.147. The Kier molecular flexibility index (Phi) is 18.3. The molecule has 0 saturated heterocycles. The maximum atomic E-state index is 12.2. The number of fused-ring (bicyclic) bond motifs is 3. The molecule has 4 unspecified atom stereocenters. The van der Waals surface area contributed by atoms with Crippen molar-refractivity contribution < 1.29 is 9.53 Å². The topological polar surface area (TPSA) is 112 Å². The summed E-state index contributed by atoms with van der Waals surface area (Å²) in [5.74, 6) is 4.85. The summed E-state index contributed by atoms with van der Waals surface area (Å²) >= 11 is 0. The van der Waals surface area contributed by atoms with E-state index in [1.165, 1.54) is 64.2 Å². The Morgan fingerprint density at radius 2 is 1.47 bits per heavy atom. The van der Waals surface area contributed by atoms with Crippen LogP contribution in [0.2, 0.25) is 0 Å². The Bertz CT molecular complexity index is 799. The van der Waals surface area contributed by atoms with E-state index in [1.807, 2.05) is 13.8 Å². The molecule has 8 heteroatoms. The fourth-order valence-corrected chi connectivity index (χ4v) is 9.51. The lowest BCUT2D eigenvalue weighted by Crippen LogP contribution is -2.43. The molecule has 0 aromatic rings. The van der Waals surface area contributed by atoms with Crippen LogP contribution in [0.15, 0.2) is 0 Å². The van der Waals surface area contributed by atoms with Gasteiger partial charge in [0.15, 0.2) is 0 Å². The van der Waals surface area contributed by atoms with E-state index in [1.54, 1.807) is 0 Å². The summed E-state index contributed by atoms with van der Waals surface area (Å²) in [5.41, 5.74) is 5.95. The molecule has 0 amide bonds. The van der Waals surface area contributed by atoms with Gasteiger partial charge in [-0.2, -0.15) is 0 Å². The first-order valence-corrected chi connectivity index (χ1v) is 19.2. The number of esters is 1. The van der Waals surface area contributed by atoms with Crippen LogP contribution in [0.3, 0.4) is 0 Å². The number of hydrogen-bond acceptors (Lipinski definition) is 8. The van der Waals surface area contributed by atoms with Crippen LogP contribution in [0.4, 0.5) is 0 Å². The summed E-state index contributed by atoms with van der Waals surface area (Å²) in [6.45, 7) is 21.2. The molecule has 3 fully saturated rings. The molecule has 0 aliphatic heterocycles. The number of carbonyl (C=O) groups excluding carboxylic acids is 1. The second kappa shape index (κ2) is 21.3. The van der Waals surface area contributed by atoms with Crippen molar-refractivity contribution in [1.82, 2.24) is 26.6 Å². The van der Waals surface area contributed by atoms with E-state index in [2.05, 4.69) is 47.4 Å². The fourth-order valence-electron chi connectivity index (χ4n) is 9.51. The quantitative estimate of drug-likeness (QED) is 0.0846. The van der Waals surface area contributed by atoms with Crippen LogP contribution >= 0.6 is 0 Å². The van der Waals surface area contributed by atoms with Gasteiger partial charge in [-0.1, -0.05) is 40.0 Å². The van der Waals surface area contributed by atoms with E-state index < -0.39 is 0 Å². The predicted molar refractivity (Wildman–Crippen MR) is 189 cm³/mol. The minimum Gasteiger partial charge on any atom is -0.463 e. The number of carbonyl (C=O) groups is 1. The van der Waals surface area contributed by atoms with Crippen LogP contribution < -0.4 is 32.3 Å². The van der Waals surface area contributed by atoms with Gasteiger partial charge in [-0.05, 0) is 106 Å². The third kappa shape index (κ3) is 13.3. The molecule has 264 valence electrons. The van der Waals surface area contributed by atoms with E-state index in [4.69, 9.17) is 10.5 Å². The Morgan fingerprint density at radius 3 is 2.11 bits per heavy atom. The molecule has 3 rings (SSSR count). The highest BCUT2D eigenvalue weighted by atomic mass is 16.5. The molecule has 3 aliphatic rings. The standard InChI is InChI=1S/C37H74N6O2/c1-28(2)45-36(44)14-10-30(4)34-12-13-35-33-11-9-29(3)27-32(8-6-7-31(33)15-16-37(34,35)5)43-26-25-42-24-23-41-22-21-40-20-19-39-18-17-38/h28-35,39-43H,6-27,38H2,1-5H3/t29?,30-,31?,32+,33?,34-,35?,37-/m1/s1. The van der Waals surface area contributed by atoms with Gasteiger partial charge >= 0.3 is 5.97 Å². The number of rotatable bonds is 20. The Hall–Kier alpha value is -0.770. The summed E-state index contributed by atoms with van der Waals surface area (Å²) < 4.78 is 5.44. The molecule has 0 aromatic carbocycles. The highest BCUT2D eigenvalue weighted by Crippen LogP contribution is 2.62. The highest BCUT2D eigenvalue weighted by Gasteiger charge is 2.54. The minimum atomic E-state index is -0.0129. The van der Waals surface area contributed by atoms with Crippen molar-refractivity contribution in [3.8, 4) is 0 Å². The van der Waals surface area contributed by atoms with Crippen molar-refractivity contribution in [2.75, 3.05) is 65.4 Å². The largest absolute Gasteiger partial charge is 0.463 e. The number of nitrogens with one attached hydrogen (secondary N) is 5. The first kappa shape index (κ1) is 38.7. The third-order valence-electron chi connectivity index (χ3n) is 11.8. The summed E-state index contributed by atoms with van der Waals surface area (Å²) in [6.07, 6.45) is 15.4. The van der Waals surface area contributed by atoms with Crippen molar-refractivity contribution in [3.05, 3.63) is 0 Å². The van der Waals surface area contributed by atoms with Crippen LogP contribution in [-0.2, 0) is 9.53 Å². The summed E-state index contributed by atoms with van der Waals surface area (Å²) in [5, 5.41) is 17.8. The smallest absolute Gasteiger partial charge is 0.306 e. The molecule has 8 nitrogen and oxygen atoms in total. The zero-order chi connectivity index (χ0) is 32.5. The van der Waals surface area contributed by atoms with Gasteiger partial charge < -0.3 is 37.1 Å². The fraction of sp³-hybridized carbons (Fsp3) is 0.973. The van der Waals surface area contributed by atoms with Crippen molar-refractivity contribution in [3.63, 3.8) is 0 Å². The zero-order valence-corrected chi connectivity index (χ0v) is 30.1. The van der Waals surface area contributed by atoms with Gasteiger partial charge in [-0.3, -0.25) is 4.79 Å². The van der Waals surface area contributed by atoms with Gasteiger partial charge in [0.1, 0.15) is 0 Å². The molecular weight excluding hydrogens is 560 g/mol. The first-order chi connectivity index (χ1) is 21.7. The Labute approximate surface area is 277 Å². The SMILES string of the molecule is CC1CCC2C(CCC[C@H](NCCNCCNCCNCCNCCN)C1)CC[C@@]1(C)C2CC[C@@H]1[C@H](C)CCC(=O)OC(C)C.